The Balaban J connectivity index is 1.46. The summed E-state index contributed by atoms with van der Waals surface area (Å²) in [5.74, 6) is 2.28. The summed E-state index contributed by atoms with van der Waals surface area (Å²) in [4.78, 5) is 12.8. The van der Waals surface area contributed by atoms with Gasteiger partial charge in [-0.3, -0.25) is 9.36 Å². The summed E-state index contributed by atoms with van der Waals surface area (Å²) in [5, 5.41) is 12.6. The van der Waals surface area contributed by atoms with Crippen molar-refractivity contribution in [2.45, 2.75) is 74.9 Å². The van der Waals surface area contributed by atoms with Gasteiger partial charge < -0.3 is 14.8 Å². The lowest BCUT2D eigenvalue weighted by Crippen LogP contribution is -2.35. The molecule has 1 amide bonds. The number of nitrogens with zero attached hydrogens (tertiary/aromatic N) is 3. The topological polar surface area (TPSA) is 78.3 Å². The predicted octanol–water partition coefficient (Wildman–Crippen LogP) is 4.31. The Hall–Kier alpha value is -2.06. The van der Waals surface area contributed by atoms with Crippen LogP contribution in [-0.4, -0.2) is 52.3 Å². The third kappa shape index (κ3) is 5.84. The lowest BCUT2D eigenvalue weighted by atomic mass is 9.89. The van der Waals surface area contributed by atoms with Crippen LogP contribution >= 0.6 is 11.8 Å². The predicted molar refractivity (Wildman–Crippen MR) is 126 cm³/mol. The number of carbonyl (C=O) groups is 1. The van der Waals surface area contributed by atoms with Gasteiger partial charge in [-0.15, -0.1) is 10.2 Å². The van der Waals surface area contributed by atoms with Crippen molar-refractivity contribution >= 4 is 17.7 Å². The van der Waals surface area contributed by atoms with Crippen molar-refractivity contribution in [1.82, 2.24) is 20.1 Å². The number of aromatic nitrogens is 3. The van der Waals surface area contributed by atoms with Crippen LogP contribution in [0.2, 0.25) is 0 Å². The van der Waals surface area contributed by atoms with E-state index in [1.165, 1.54) is 43.9 Å². The highest BCUT2D eigenvalue weighted by Gasteiger charge is 2.25. The second-order valence-corrected chi connectivity index (χ2v) is 10.1. The maximum Gasteiger partial charge on any atom is 0.233 e. The van der Waals surface area contributed by atoms with Crippen LogP contribution in [0.3, 0.4) is 0 Å². The molecular weight excluding hydrogens is 424 g/mol. The lowest BCUT2D eigenvalue weighted by Gasteiger charge is -2.22. The second-order valence-electron chi connectivity index (χ2n) is 8.79. The first kappa shape index (κ1) is 23.1. The molecule has 2 aromatic rings. The van der Waals surface area contributed by atoms with Crippen LogP contribution in [0.25, 0.3) is 11.4 Å². The number of nitrogens with one attached hydrogen (secondary N) is 1. The monoisotopic (exact) mass is 458 g/mol. The number of amides is 1. The van der Waals surface area contributed by atoms with E-state index in [1.807, 2.05) is 31.2 Å². The molecule has 2 aliphatic rings. The highest BCUT2D eigenvalue weighted by molar-refractivity contribution is 8.00. The first-order chi connectivity index (χ1) is 15.6. The molecule has 0 bridgehead atoms. The van der Waals surface area contributed by atoms with Crippen molar-refractivity contribution in [2.24, 2.45) is 5.92 Å². The van der Waals surface area contributed by atoms with Gasteiger partial charge in [0.25, 0.3) is 0 Å². The average molecular weight is 459 g/mol. The van der Waals surface area contributed by atoms with Gasteiger partial charge in [-0.2, -0.15) is 0 Å². The highest BCUT2D eigenvalue weighted by Crippen LogP contribution is 2.30. The van der Waals surface area contributed by atoms with Crippen LogP contribution in [0.15, 0.2) is 29.4 Å². The largest absolute Gasteiger partial charge is 0.497 e. The molecule has 8 heteroatoms. The molecule has 1 N–H and O–H groups in total. The van der Waals surface area contributed by atoms with Crippen LogP contribution in [-0.2, 0) is 16.1 Å². The fraction of sp³-hybridized carbons (Fsp3) is 0.625. The van der Waals surface area contributed by atoms with E-state index in [4.69, 9.17) is 9.47 Å². The number of thioether (sulfide) groups is 1. The van der Waals surface area contributed by atoms with E-state index in [0.29, 0.717) is 12.5 Å². The summed E-state index contributed by atoms with van der Waals surface area (Å²) >= 11 is 1.47. The molecule has 0 radical (unpaired) electrons. The van der Waals surface area contributed by atoms with Crippen LogP contribution in [0, 0.1) is 5.92 Å². The van der Waals surface area contributed by atoms with Crippen LogP contribution in [0.4, 0.5) is 0 Å². The van der Waals surface area contributed by atoms with E-state index >= 15 is 0 Å². The summed E-state index contributed by atoms with van der Waals surface area (Å²) in [6.45, 7) is 4.21. The molecule has 1 aromatic heterocycles. The Labute approximate surface area is 194 Å². The van der Waals surface area contributed by atoms with Crippen molar-refractivity contribution in [3.63, 3.8) is 0 Å². The number of carbonyl (C=O) groups excluding carboxylic acids is 1. The summed E-state index contributed by atoms with van der Waals surface area (Å²) in [6.07, 6.45) is 8.60. The SMILES string of the molecule is COc1ccc(-c2nnc(SC(C)C(=O)NCC3CCCCC3)n2CC2CCCO2)cc1. The van der Waals surface area contributed by atoms with Gasteiger partial charge >= 0.3 is 0 Å². The molecular formula is C24H34N4O3S. The van der Waals surface area contributed by atoms with Crippen molar-refractivity contribution in [2.75, 3.05) is 20.3 Å². The fourth-order valence-electron chi connectivity index (χ4n) is 4.48. The summed E-state index contributed by atoms with van der Waals surface area (Å²) in [7, 11) is 1.66. The van der Waals surface area contributed by atoms with E-state index in [2.05, 4.69) is 20.1 Å². The van der Waals surface area contributed by atoms with Crippen LogP contribution in [0.5, 0.6) is 5.75 Å². The molecule has 2 heterocycles. The number of ether oxygens (including phenoxy) is 2. The Kier molecular flexibility index (Phi) is 8.08. The fourth-order valence-corrected chi connectivity index (χ4v) is 5.36. The maximum atomic E-state index is 12.8. The van der Waals surface area contributed by atoms with Gasteiger partial charge in [0, 0.05) is 18.7 Å². The van der Waals surface area contributed by atoms with E-state index in [-0.39, 0.29) is 17.3 Å². The third-order valence-corrected chi connectivity index (χ3v) is 7.50. The van der Waals surface area contributed by atoms with Gasteiger partial charge in [-0.1, -0.05) is 31.0 Å². The minimum atomic E-state index is -0.241. The normalized spacial score (nSPS) is 20.2. The van der Waals surface area contributed by atoms with Crippen LogP contribution < -0.4 is 10.1 Å². The average Bonchev–Trinajstić information content (AvgIpc) is 3.49. The Morgan fingerprint density at radius 1 is 1.19 bits per heavy atom. The van der Waals surface area contributed by atoms with E-state index in [9.17, 15) is 4.79 Å². The zero-order chi connectivity index (χ0) is 22.3. The molecule has 32 heavy (non-hydrogen) atoms. The molecule has 174 valence electrons. The Bertz CT molecular complexity index is 874. The van der Waals surface area contributed by atoms with Crippen molar-refractivity contribution in [3.8, 4) is 17.1 Å². The zero-order valence-electron chi connectivity index (χ0n) is 19.1. The minimum absolute atomic E-state index is 0.0678. The van der Waals surface area contributed by atoms with Gasteiger partial charge in [0.15, 0.2) is 11.0 Å². The Morgan fingerprint density at radius 3 is 2.66 bits per heavy atom. The first-order valence-electron chi connectivity index (χ1n) is 11.8. The molecule has 1 saturated carbocycles. The van der Waals surface area contributed by atoms with Crippen molar-refractivity contribution in [3.05, 3.63) is 24.3 Å². The number of rotatable bonds is 9. The molecule has 7 nitrogen and oxygen atoms in total. The third-order valence-electron chi connectivity index (χ3n) is 6.42. The minimum Gasteiger partial charge on any atom is -0.497 e. The number of hydrogen-bond acceptors (Lipinski definition) is 6. The van der Waals surface area contributed by atoms with Crippen molar-refractivity contribution < 1.29 is 14.3 Å². The molecule has 1 aromatic carbocycles. The molecule has 2 unspecified atom stereocenters. The van der Waals surface area contributed by atoms with E-state index in [0.717, 1.165) is 48.3 Å². The standard InChI is InChI=1S/C24H34N4O3S/c1-17(23(29)25-15-18-7-4-3-5-8-18)32-24-27-26-22(19-10-12-20(30-2)13-11-19)28(24)16-21-9-6-14-31-21/h10-13,17-18,21H,3-9,14-16H2,1-2H3,(H,25,29). The van der Waals surface area contributed by atoms with Gasteiger partial charge in [0.05, 0.1) is 25.0 Å². The lowest BCUT2D eigenvalue weighted by molar-refractivity contribution is -0.120. The van der Waals surface area contributed by atoms with Crippen molar-refractivity contribution in [1.29, 1.82) is 0 Å². The molecule has 1 aliphatic heterocycles. The van der Waals surface area contributed by atoms with Crippen LogP contribution in [0.1, 0.15) is 51.9 Å². The van der Waals surface area contributed by atoms with Gasteiger partial charge in [-0.25, -0.2) is 0 Å². The molecule has 2 atom stereocenters. The molecule has 1 saturated heterocycles. The molecule has 4 rings (SSSR count). The van der Waals surface area contributed by atoms with Gasteiger partial charge in [0.1, 0.15) is 5.75 Å². The first-order valence-corrected chi connectivity index (χ1v) is 12.7. The molecule has 2 fully saturated rings. The van der Waals surface area contributed by atoms with Gasteiger partial charge in [-0.05, 0) is 62.8 Å². The van der Waals surface area contributed by atoms with E-state index < -0.39 is 0 Å². The highest BCUT2D eigenvalue weighted by atomic mass is 32.2. The smallest absolute Gasteiger partial charge is 0.233 e. The second kappa shape index (κ2) is 11.2. The number of benzene rings is 1. The summed E-state index contributed by atoms with van der Waals surface area (Å²) < 4.78 is 13.3. The summed E-state index contributed by atoms with van der Waals surface area (Å²) in [5.41, 5.74) is 0.970. The van der Waals surface area contributed by atoms with E-state index in [1.54, 1.807) is 7.11 Å². The number of methoxy groups -OCH3 is 1. The quantitative estimate of drug-likeness (QED) is 0.564. The van der Waals surface area contributed by atoms with Gasteiger partial charge in [0.2, 0.25) is 5.91 Å². The molecule has 0 spiro atoms. The molecule has 1 aliphatic carbocycles. The maximum absolute atomic E-state index is 12.8. The zero-order valence-corrected chi connectivity index (χ0v) is 19.9. The summed E-state index contributed by atoms with van der Waals surface area (Å²) in [6, 6.07) is 7.83. The number of hydrogen-bond donors (Lipinski definition) is 1. The Morgan fingerprint density at radius 2 is 1.97 bits per heavy atom.